The summed E-state index contributed by atoms with van der Waals surface area (Å²) in [5, 5.41) is 7.18. The van der Waals surface area contributed by atoms with Crippen molar-refractivity contribution in [1.82, 2.24) is 0 Å². The lowest BCUT2D eigenvalue weighted by Gasteiger charge is -2.15. The Morgan fingerprint density at radius 1 is 1.55 bits per heavy atom. The fourth-order valence-electron chi connectivity index (χ4n) is 1.04. The molecular weight excluding hydrogens is 141 g/mol. The van der Waals surface area contributed by atoms with Gasteiger partial charge in [0.2, 0.25) is 0 Å². The van der Waals surface area contributed by atoms with Crippen molar-refractivity contribution in [2.45, 2.75) is 20.3 Å². The third-order valence-electron chi connectivity index (χ3n) is 1.70. The summed E-state index contributed by atoms with van der Waals surface area (Å²) in [5.74, 6) is -0.413. The summed E-state index contributed by atoms with van der Waals surface area (Å²) in [6, 6.07) is 0. The fourth-order valence-corrected chi connectivity index (χ4v) is 1.04. The van der Waals surface area contributed by atoms with E-state index >= 15 is 0 Å². The SMILES string of the molecule is CC1(C)C=C(F)C(=N)C=CC1. The first kappa shape index (κ1) is 8.18. The average Bonchev–Trinajstić information content (AvgIpc) is 1.93. The lowest BCUT2D eigenvalue weighted by Crippen LogP contribution is -2.05. The molecule has 0 aromatic carbocycles. The molecule has 1 N–H and O–H groups in total. The van der Waals surface area contributed by atoms with Crippen molar-refractivity contribution in [3.63, 3.8) is 0 Å². The molecule has 0 spiro atoms. The van der Waals surface area contributed by atoms with Crippen molar-refractivity contribution in [1.29, 1.82) is 5.41 Å². The second kappa shape index (κ2) is 2.61. The van der Waals surface area contributed by atoms with Crippen LogP contribution in [-0.2, 0) is 0 Å². The Morgan fingerprint density at radius 3 is 2.82 bits per heavy atom. The first-order valence-electron chi connectivity index (χ1n) is 3.65. The van der Waals surface area contributed by atoms with E-state index in [-0.39, 0.29) is 11.1 Å². The highest BCUT2D eigenvalue weighted by atomic mass is 19.1. The van der Waals surface area contributed by atoms with Gasteiger partial charge in [0.1, 0.15) is 5.83 Å². The van der Waals surface area contributed by atoms with Crippen LogP contribution in [0.15, 0.2) is 24.1 Å². The molecule has 0 saturated heterocycles. The summed E-state index contributed by atoms with van der Waals surface area (Å²) >= 11 is 0. The summed E-state index contributed by atoms with van der Waals surface area (Å²) in [7, 11) is 0. The number of hydrogen-bond donors (Lipinski definition) is 1. The normalized spacial score (nSPS) is 22.8. The van der Waals surface area contributed by atoms with Gasteiger partial charge in [0, 0.05) is 0 Å². The Morgan fingerprint density at radius 2 is 2.18 bits per heavy atom. The van der Waals surface area contributed by atoms with Crippen molar-refractivity contribution in [3.05, 3.63) is 24.1 Å². The number of allylic oxidation sites excluding steroid dienone is 4. The zero-order chi connectivity index (χ0) is 8.48. The Bertz CT molecular complexity index is 236. The molecule has 0 aromatic rings. The summed E-state index contributed by atoms with van der Waals surface area (Å²) in [6.45, 7) is 3.91. The molecule has 0 aromatic heterocycles. The molecule has 0 radical (unpaired) electrons. The number of rotatable bonds is 0. The Labute approximate surface area is 66.1 Å². The molecule has 0 aliphatic heterocycles. The number of hydrogen-bond acceptors (Lipinski definition) is 1. The monoisotopic (exact) mass is 153 g/mol. The van der Waals surface area contributed by atoms with Crippen LogP contribution in [0.2, 0.25) is 0 Å². The molecule has 0 heterocycles. The Hall–Kier alpha value is -0.920. The molecule has 1 aliphatic rings. The van der Waals surface area contributed by atoms with E-state index < -0.39 is 5.83 Å². The lowest BCUT2D eigenvalue weighted by atomic mass is 9.90. The third-order valence-corrected chi connectivity index (χ3v) is 1.70. The van der Waals surface area contributed by atoms with Gasteiger partial charge in [-0.15, -0.1) is 0 Å². The van der Waals surface area contributed by atoms with Crippen LogP contribution in [0.3, 0.4) is 0 Å². The Balaban J connectivity index is 2.98. The molecule has 1 aliphatic carbocycles. The molecule has 11 heavy (non-hydrogen) atoms. The van der Waals surface area contributed by atoms with E-state index in [1.807, 2.05) is 19.9 Å². The summed E-state index contributed by atoms with van der Waals surface area (Å²) in [4.78, 5) is 0. The van der Waals surface area contributed by atoms with Gasteiger partial charge < -0.3 is 0 Å². The topological polar surface area (TPSA) is 23.9 Å². The van der Waals surface area contributed by atoms with Gasteiger partial charge in [-0.1, -0.05) is 19.9 Å². The maximum atomic E-state index is 12.9. The zero-order valence-corrected chi connectivity index (χ0v) is 6.82. The minimum Gasteiger partial charge on any atom is -0.298 e. The van der Waals surface area contributed by atoms with Crippen molar-refractivity contribution < 1.29 is 4.39 Å². The molecule has 1 nitrogen and oxygen atoms in total. The summed E-state index contributed by atoms with van der Waals surface area (Å²) in [6.07, 6.45) is 5.66. The van der Waals surface area contributed by atoms with Crippen LogP contribution in [0.25, 0.3) is 0 Å². The Kier molecular flexibility index (Phi) is 1.94. The van der Waals surface area contributed by atoms with E-state index in [0.717, 1.165) is 6.42 Å². The maximum absolute atomic E-state index is 12.9. The van der Waals surface area contributed by atoms with E-state index in [0.29, 0.717) is 0 Å². The standard InChI is InChI=1S/C9H12FN/c1-9(2)5-3-4-8(11)7(10)6-9/h3-4,6,11H,5H2,1-2H3. The number of halogens is 1. The minimum atomic E-state index is -0.413. The molecule has 0 amide bonds. The fraction of sp³-hybridized carbons (Fsp3) is 0.444. The first-order valence-corrected chi connectivity index (χ1v) is 3.65. The second-order valence-electron chi connectivity index (χ2n) is 3.50. The van der Waals surface area contributed by atoms with Gasteiger partial charge in [-0.3, -0.25) is 5.41 Å². The van der Waals surface area contributed by atoms with Crippen molar-refractivity contribution in [2.75, 3.05) is 0 Å². The highest BCUT2D eigenvalue weighted by molar-refractivity contribution is 6.04. The van der Waals surface area contributed by atoms with Crippen LogP contribution in [0, 0.1) is 10.8 Å². The molecule has 0 fully saturated rings. The van der Waals surface area contributed by atoms with Crippen LogP contribution in [-0.4, -0.2) is 5.71 Å². The quantitative estimate of drug-likeness (QED) is 0.553. The van der Waals surface area contributed by atoms with E-state index in [4.69, 9.17) is 5.41 Å². The van der Waals surface area contributed by atoms with E-state index in [2.05, 4.69) is 0 Å². The number of nitrogens with one attached hydrogen (secondary N) is 1. The molecule has 60 valence electrons. The van der Waals surface area contributed by atoms with Crippen LogP contribution >= 0.6 is 0 Å². The second-order valence-corrected chi connectivity index (χ2v) is 3.50. The summed E-state index contributed by atoms with van der Waals surface area (Å²) < 4.78 is 12.9. The zero-order valence-electron chi connectivity index (χ0n) is 6.82. The van der Waals surface area contributed by atoms with Crippen molar-refractivity contribution in [2.24, 2.45) is 5.41 Å². The van der Waals surface area contributed by atoms with Crippen LogP contribution in [0.1, 0.15) is 20.3 Å². The van der Waals surface area contributed by atoms with Gasteiger partial charge in [-0.2, -0.15) is 0 Å². The van der Waals surface area contributed by atoms with E-state index in [9.17, 15) is 4.39 Å². The van der Waals surface area contributed by atoms with Crippen molar-refractivity contribution >= 4 is 5.71 Å². The lowest BCUT2D eigenvalue weighted by molar-refractivity contribution is 0.476. The maximum Gasteiger partial charge on any atom is 0.144 e. The molecule has 0 bridgehead atoms. The van der Waals surface area contributed by atoms with Gasteiger partial charge in [0.05, 0.1) is 5.71 Å². The van der Waals surface area contributed by atoms with Crippen molar-refractivity contribution in [3.8, 4) is 0 Å². The molecule has 0 atom stereocenters. The van der Waals surface area contributed by atoms with Gasteiger partial charge >= 0.3 is 0 Å². The van der Waals surface area contributed by atoms with Crippen LogP contribution in [0.5, 0.6) is 0 Å². The molecule has 2 heteroatoms. The smallest absolute Gasteiger partial charge is 0.144 e. The third kappa shape index (κ3) is 2.00. The molecule has 0 saturated carbocycles. The predicted octanol–water partition coefficient (Wildman–Crippen LogP) is 2.85. The largest absolute Gasteiger partial charge is 0.298 e. The summed E-state index contributed by atoms with van der Waals surface area (Å²) in [5.41, 5.74) is -0.167. The van der Waals surface area contributed by atoms with Gasteiger partial charge in [0.15, 0.2) is 0 Å². The average molecular weight is 153 g/mol. The van der Waals surface area contributed by atoms with Gasteiger partial charge in [-0.05, 0) is 24.0 Å². The highest BCUT2D eigenvalue weighted by Gasteiger charge is 2.18. The molecular formula is C9H12FN. The van der Waals surface area contributed by atoms with E-state index in [1.54, 1.807) is 0 Å². The van der Waals surface area contributed by atoms with Crippen LogP contribution in [0.4, 0.5) is 4.39 Å². The van der Waals surface area contributed by atoms with E-state index in [1.165, 1.54) is 12.2 Å². The predicted molar refractivity (Wildman–Crippen MR) is 44.5 cm³/mol. The minimum absolute atomic E-state index is 0.0180. The molecule has 1 rings (SSSR count). The molecule has 0 unspecified atom stereocenters. The van der Waals surface area contributed by atoms with Gasteiger partial charge in [0.25, 0.3) is 0 Å². The first-order chi connectivity index (χ1) is 5.01. The van der Waals surface area contributed by atoms with Crippen LogP contribution < -0.4 is 0 Å². The highest BCUT2D eigenvalue weighted by Crippen LogP contribution is 2.27. The van der Waals surface area contributed by atoms with Gasteiger partial charge in [-0.25, -0.2) is 4.39 Å².